The number of hydrogen-bond acceptors (Lipinski definition) is 2. The molecule has 0 amide bonds. The number of quaternary nitrogens is 1. The predicted octanol–water partition coefficient (Wildman–Crippen LogP) is 6.22. The molecule has 0 aromatic rings. The first-order valence-corrected chi connectivity index (χ1v) is 14.1. The van der Waals surface area contributed by atoms with Gasteiger partial charge in [0.1, 0.15) is 0 Å². The van der Waals surface area contributed by atoms with Gasteiger partial charge in [-0.2, -0.15) is 0 Å². The van der Waals surface area contributed by atoms with Crippen molar-refractivity contribution in [2.75, 3.05) is 46.5 Å². The first-order valence-electron chi connectivity index (χ1n) is 12.5. The van der Waals surface area contributed by atoms with Crippen LogP contribution >= 0.6 is 0 Å². The van der Waals surface area contributed by atoms with Crippen molar-refractivity contribution in [3.8, 4) is 0 Å². The quantitative estimate of drug-likeness (QED) is 0.159. The third-order valence-corrected chi connectivity index (χ3v) is 8.26. The number of hydrogen-bond donors (Lipinski definition) is 0. The van der Waals surface area contributed by atoms with Gasteiger partial charge in [-0.3, -0.25) is 0 Å². The van der Waals surface area contributed by atoms with Crippen LogP contribution in [0.15, 0.2) is 0 Å². The fourth-order valence-corrected chi connectivity index (χ4v) is 4.94. The molecular formula is C24H53N2O2S+. The van der Waals surface area contributed by atoms with E-state index >= 15 is 0 Å². The molecule has 0 aromatic heterocycles. The van der Waals surface area contributed by atoms with Gasteiger partial charge in [-0.1, -0.05) is 90.4 Å². The summed E-state index contributed by atoms with van der Waals surface area (Å²) in [6, 6.07) is 0. The summed E-state index contributed by atoms with van der Waals surface area (Å²) in [6.07, 6.45) is 19.0. The van der Waals surface area contributed by atoms with E-state index in [2.05, 4.69) is 27.9 Å². The minimum absolute atomic E-state index is 0.313. The SMILES string of the molecule is CCCCCCCCCCCCCCCCS(=O)(=O)N(C)CCC[N+](C)(C)CC. The zero-order valence-electron chi connectivity index (χ0n) is 20.6. The third kappa shape index (κ3) is 17.3. The highest BCUT2D eigenvalue weighted by Gasteiger charge is 2.18. The third-order valence-electron chi connectivity index (χ3n) is 6.32. The van der Waals surface area contributed by atoms with Crippen LogP contribution < -0.4 is 0 Å². The van der Waals surface area contributed by atoms with Gasteiger partial charge in [0.2, 0.25) is 10.0 Å². The van der Waals surface area contributed by atoms with Crippen LogP contribution in [0.3, 0.4) is 0 Å². The van der Waals surface area contributed by atoms with E-state index in [1.165, 1.54) is 77.0 Å². The molecule has 0 fully saturated rings. The van der Waals surface area contributed by atoms with E-state index in [9.17, 15) is 8.42 Å². The molecule has 0 bridgehead atoms. The molecule has 176 valence electrons. The lowest BCUT2D eigenvalue weighted by atomic mass is 10.0. The molecule has 0 N–H and O–H groups in total. The standard InChI is InChI=1S/C24H53N2O2S/c1-6-8-9-10-11-12-13-14-15-16-17-18-19-20-24-29(27,28)25(3)22-21-23-26(4,5)7-2/h6-24H2,1-5H3/q+1. The monoisotopic (exact) mass is 433 g/mol. The maximum absolute atomic E-state index is 12.4. The van der Waals surface area contributed by atoms with E-state index in [4.69, 9.17) is 0 Å². The summed E-state index contributed by atoms with van der Waals surface area (Å²) in [5, 5.41) is 0. The van der Waals surface area contributed by atoms with Crippen LogP contribution in [-0.4, -0.2) is 63.7 Å². The fraction of sp³-hybridized carbons (Fsp3) is 1.00. The first kappa shape index (κ1) is 28.9. The van der Waals surface area contributed by atoms with Crippen LogP contribution in [0.2, 0.25) is 0 Å². The van der Waals surface area contributed by atoms with E-state index in [1.54, 1.807) is 11.4 Å². The molecule has 29 heavy (non-hydrogen) atoms. The normalized spacial score (nSPS) is 12.8. The number of unbranched alkanes of at least 4 members (excludes halogenated alkanes) is 13. The van der Waals surface area contributed by atoms with Gasteiger partial charge in [0.05, 0.1) is 32.9 Å². The van der Waals surface area contributed by atoms with Crippen molar-refractivity contribution in [2.45, 2.75) is 110 Å². The van der Waals surface area contributed by atoms with Crippen molar-refractivity contribution >= 4 is 10.0 Å². The molecule has 0 unspecified atom stereocenters. The van der Waals surface area contributed by atoms with Gasteiger partial charge >= 0.3 is 0 Å². The lowest BCUT2D eigenvalue weighted by Gasteiger charge is -2.29. The number of nitrogens with zero attached hydrogens (tertiary/aromatic N) is 2. The molecule has 0 saturated heterocycles. The Morgan fingerprint density at radius 2 is 1.07 bits per heavy atom. The second-order valence-electron chi connectivity index (χ2n) is 9.56. The Hall–Kier alpha value is -0.130. The van der Waals surface area contributed by atoms with Crippen molar-refractivity contribution in [1.29, 1.82) is 0 Å². The molecule has 0 aliphatic heterocycles. The zero-order valence-corrected chi connectivity index (χ0v) is 21.4. The Morgan fingerprint density at radius 3 is 1.48 bits per heavy atom. The molecule has 0 spiro atoms. The second-order valence-corrected chi connectivity index (χ2v) is 11.8. The Balaban J connectivity index is 3.56. The maximum Gasteiger partial charge on any atom is 0.213 e. The average Bonchev–Trinajstić information content (AvgIpc) is 2.68. The van der Waals surface area contributed by atoms with E-state index in [0.29, 0.717) is 12.3 Å². The van der Waals surface area contributed by atoms with Gasteiger partial charge in [-0.25, -0.2) is 12.7 Å². The average molecular weight is 434 g/mol. The Morgan fingerprint density at radius 1 is 0.655 bits per heavy atom. The van der Waals surface area contributed by atoms with Crippen molar-refractivity contribution in [1.82, 2.24) is 4.31 Å². The van der Waals surface area contributed by atoms with Crippen molar-refractivity contribution in [2.24, 2.45) is 0 Å². The lowest BCUT2D eigenvalue weighted by molar-refractivity contribution is -0.888. The van der Waals surface area contributed by atoms with E-state index in [-0.39, 0.29) is 0 Å². The van der Waals surface area contributed by atoms with Gasteiger partial charge < -0.3 is 4.48 Å². The minimum atomic E-state index is -3.07. The molecule has 0 radical (unpaired) electrons. The van der Waals surface area contributed by atoms with E-state index < -0.39 is 10.0 Å². The van der Waals surface area contributed by atoms with Crippen molar-refractivity contribution < 1.29 is 12.9 Å². The predicted molar refractivity (Wildman–Crippen MR) is 129 cm³/mol. The molecular weight excluding hydrogens is 380 g/mol. The van der Waals surface area contributed by atoms with Gasteiger partial charge in [0, 0.05) is 20.0 Å². The van der Waals surface area contributed by atoms with Crippen LogP contribution in [0.1, 0.15) is 110 Å². The topological polar surface area (TPSA) is 37.4 Å². The van der Waals surface area contributed by atoms with E-state index in [0.717, 1.165) is 36.8 Å². The number of sulfonamides is 1. The second kappa shape index (κ2) is 17.5. The van der Waals surface area contributed by atoms with Gasteiger partial charge in [-0.05, 0) is 13.3 Å². The molecule has 0 rings (SSSR count). The highest BCUT2D eigenvalue weighted by atomic mass is 32.2. The fourth-order valence-electron chi connectivity index (χ4n) is 3.65. The van der Waals surface area contributed by atoms with Crippen LogP contribution in [-0.2, 0) is 10.0 Å². The number of rotatable bonds is 21. The van der Waals surface area contributed by atoms with Crippen LogP contribution in [0.25, 0.3) is 0 Å². The highest BCUT2D eigenvalue weighted by molar-refractivity contribution is 7.89. The minimum Gasteiger partial charge on any atom is -0.329 e. The summed E-state index contributed by atoms with van der Waals surface area (Å²) in [7, 11) is 3.06. The molecule has 0 saturated carbocycles. The molecule has 0 aliphatic rings. The Labute approximate surface area is 184 Å². The summed E-state index contributed by atoms with van der Waals surface area (Å²) in [4.78, 5) is 0. The smallest absolute Gasteiger partial charge is 0.213 e. The van der Waals surface area contributed by atoms with Crippen molar-refractivity contribution in [3.05, 3.63) is 0 Å². The highest BCUT2D eigenvalue weighted by Crippen LogP contribution is 2.13. The molecule has 0 aliphatic carbocycles. The maximum atomic E-state index is 12.4. The van der Waals surface area contributed by atoms with Gasteiger partial charge in [0.25, 0.3) is 0 Å². The van der Waals surface area contributed by atoms with Gasteiger partial charge in [-0.15, -0.1) is 0 Å². The summed E-state index contributed by atoms with van der Waals surface area (Å²) >= 11 is 0. The van der Waals surface area contributed by atoms with E-state index in [1.807, 2.05) is 0 Å². The lowest BCUT2D eigenvalue weighted by Crippen LogP contribution is -2.41. The van der Waals surface area contributed by atoms with Crippen LogP contribution in [0.4, 0.5) is 0 Å². The Bertz CT molecular complexity index is 464. The molecule has 0 aromatic carbocycles. The van der Waals surface area contributed by atoms with Crippen molar-refractivity contribution in [3.63, 3.8) is 0 Å². The summed E-state index contributed by atoms with van der Waals surface area (Å²) in [6.45, 7) is 7.19. The summed E-state index contributed by atoms with van der Waals surface area (Å²) < 4.78 is 27.3. The Kier molecular flexibility index (Phi) is 17.5. The molecule has 0 atom stereocenters. The first-order chi connectivity index (χ1) is 13.7. The summed E-state index contributed by atoms with van der Waals surface area (Å²) in [5.74, 6) is 0.313. The summed E-state index contributed by atoms with van der Waals surface area (Å²) in [5.41, 5.74) is 0. The van der Waals surface area contributed by atoms with Crippen LogP contribution in [0, 0.1) is 0 Å². The molecule has 4 nitrogen and oxygen atoms in total. The molecule has 0 heterocycles. The van der Waals surface area contributed by atoms with Crippen LogP contribution in [0.5, 0.6) is 0 Å². The molecule has 5 heteroatoms. The van der Waals surface area contributed by atoms with Gasteiger partial charge in [0.15, 0.2) is 0 Å². The zero-order chi connectivity index (χ0) is 22.0. The largest absolute Gasteiger partial charge is 0.329 e.